The van der Waals surface area contributed by atoms with Crippen LogP contribution in [0.5, 0.6) is 0 Å². The van der Waals surface area contributed by atoms with E-state index in [1.165, 1.54) is 16.8 Å². The van der Waals surface area contributed by atoms with Crippen LogP contribution in [0.1, 0.15) is 17.3 Å². The molecule has 1 fully saturated rings. The van der Waals surface area contributed by atoms with E-state index >= 15 is 0 Å². The summed E-state index contributed by atoms with van der Waals surface area (Å²) in [5, 5.41) is 9.19. The molecule has 0 saturated carbocycles. The lowest BCUT2D eigenvalue weighted by Gasteiger charge is -2.35. The first-order chi connectivity index (χ1) is 16.0. The zero-order chi connectivity index (χ0) is 24.8. The third kappa shape index (κ3) is 4.03. The topological polar surface area (TPSA) is 99.9 Å². The molecule has 0 radical (unpaired) electrons. The van der Waals surface area contributed by atoms with Crippen molar-refractivity contribution in [1.82, 2.24) is 8.87 Å². The Kier molecular flexibility index (Phi) is 6.13. The van der Waals surface area contributed by atoms with Crippen molar-refractivity contribution in [3.63, 3.8) is 0 Å². The fraction of sp³-hybridized carbons (Fsp3) is 0.273. The van der Waals surface area contributed by atoms with Gasteiger partial charge in [0.05, 0.1) is 11.2 Å². The van der Waals surface area contributed by atoms with Crippen molar-refractivity contribution in [2.45, 2.75) is 18.4 Å². The molecule has 0 aliphatic carbocycles. The largest absolute Gasteiger partial charge is 0.477 e. The maximum Gasteiger partial charge on any atom is 0.341 e. The van der Waals surface area contributed by atoms with Gasteiger partial charge in [-0.3, -0.25) is 4.79 Å². The zero-order valence-electron chi connectivity index (χ0n) is 18.0. The van der Waals surface area contributed by atoms with E-state index in [4.69, 9.17) is 0 Å². The van der Waals surface area contributed by atoms with Crippen molar-refractivity contribution < 1.29 is 31.5 Å². The van der Waals surface area contributed by atoms with E-state index in [2.05, 4.69) is 0 Å². The first kappa shape index (κ1) is 23.8. The number of halogens is 3. The number of rotatable bonds is 5. The highest BCUT2D eigenvalue weighted by atomic mass is 32.2. The lowest BCUT2D eigenvalue weighted by atomic mass is 10.1. The standard InChI is InChI=1S/C22H20F3N3O5S/c1-2-26-12-15(22(30)31)21(29)14-10-16(24)19(11-18(14)26)27-5-7-28(8-6-27)34(32,33)20-4-3-13(23)9-17(20)25/h3-4,9-12H,2,5-8H2,1H3,(H,30,31). The third-order valence-electron chi connectivity index (χ3n) is 5.81. The highest BCUT2D eigenvalue weighted by Crippen LogP contribution is 2.28. The van der Waals surface area contributed by atoms with Crippen LogP contribution in [-0.4, -0.2) is 54.5 Å². The summed E-state index contributed by atoms with van der Waals surface area (Å²) in [6, 6.07) is 4.65. The molecule has 34 heavy (non-hydrogen) atoms. The Morgan fingerprint density at radius 1 is 1.03 bits per heavy atom. The molecule has 1 N–H and O–H groups in total. The molecule has 1 aromatic heterocycles. The minimum Gasteiger partial charge on any atom is -0.477 e. The molecular weight excluding hydrogens is 475 g/mol. The molecule has 3 aromatic rings. The Hall–Kier alpha value is -3.38. The SMILES string of the molecule is CCn1cc(C(=O)O)c(=O)c2cc(F)c(N3CCN(S(=O)(=O)c4ccc(F)cc4F)CC3)cc21. The van der Waals surface area contributed by atoms with Crippen molar-refractivity contribution in [1.29, 1.82) is 0 Å². The number of hydrogen-bond acceptors (Lipinski definition) is 5. The molecule has 1 aliphatic heterocycles. The van der Waals surface area contributed by atoms with E-state index in [1.54, 1.807) is 11.8 Å². The molecule has 180 valence electrons. The van der Waals surface area contributed by atoms with Crippen LogP contribution in [0.15, 0.2) is 46.2 Å². The molecule has 0 spiro atoms. The van der Waals surface area contributed by atoms with E-state index in [0.29, 0.717) is 18.1 Å². The number of nitrogens with zero attached hydrogens (tertiary/aromatic N) is 3. The van der Waals surface area contributed by atoms with E-state index < -0.39 is 49.3 Å². The lowest BCUT2D eigenvalue weighted by Crippen LogP contribution is -2.49. The normalized spacial score (nSPS) is 15.1. The van der Waals surface area contributed by atoms with Gasteiger partial charge in [0.1, 0.15) is 27.9 Å². The molecule has 0 atom stereocenters. The van der Waals surface area contributed by atoms with Gasteiger partial charge in [-0.05, 0) is 31.2 Å². The average molecular weight is 495 g/mol. The summed E-state index contributed by atoms with van der Waals surface area (Å²) in [6.07, 6.45) is 1.20. The van der Waals surface area contributed by atoms with Crippen molar-refractivity contribution in [2.24, 2.45) is 0 Å². The second kappa shape index (κ2) is 8.76. The Balaban J connectivity index is 1.64. The van der Waals surface area contributed by atoms with Crippen molar-refractivity contribution in [3.05, 3.63) is 69.8 Å². The number of aromatic nitrogens is 1. The predicted molar refractivity (Wildman–Crippen MR) is 118 cm³/mol. The monoisotopic (exact) mass is 495 g/mol. The molecule has 2 heterocycles. The third-order valence-corrected chi connectivity index (χ3v) is 7.74. The number of carboxylic acids is 1. The van der Waals surface area contributed by atoms with Gasteiger partial charge < -0.3 is 14.6 Å². The number of fused-ring (bicyclic) bond motifs is 1. The Bertz CT molecular complexity index is 1460. The van der Waals surface area contributed by atoms with Gasteiger partial charge in [-0.15, -0.1) is 0 Å². The van der Waals surface area contributed by atoms with Crippen LogP contribution >= 0.6 is 0 Å². The highest BCUT2D eigenvalue weighted by Gasteiger charge is 2.32. The Labute approximate surface area is 192 Å². The quantitative estimate of drug-likeness (QED) is 0.584. The number of hydrogen-bond donors (Lipinski definition) is 1. The number of carbonyl (C=O) groups is 1. The van der Waals surface area contributed by atoms with Gasteiger partial charge in [0.15, 0.2) is 0 Å². The summed E-state index contributed by atoms with van der Waals surface area (Å²) in [5.41, 5.74) is -0.789. The van der Waals surface area contributed by atoms with Crippen LogP contribution in [0.4, 0.5) is 18.9 Å². The second-order valence-corrected chi connectivity index (χ2v) is 9.66. The number of aromatic carboxylic acids is 1. The summed E-state index contributed by atoms with van der Waals surface area (Å²) < 4.78 is 70.4. The minimum atomic E-state index is -4.22. The summed E-state index contributed by atoms with van der Waals surface area (Å²) >= 11 is 0. The second-order valence-electron chi connectivity index (χ2n) is 7.75. The number of aryl methyl sites for hydroxylation is 1. The number of pyridine rings is 1. The fourth-order valence-corrected chi connectivity index (χ4v) is 5.52. The van der Waals surface area contributed by atoms with Crippen molar-refractivity contribution in [3.8, 4) is 0 Å². The Morgan fingerprint density at radius 2 is 1.71 bits per heavy atom. The van der Waals surface area contributed by atoms with Crippen LogP contribution in [0.25, 0.3) is 10.9 Å². The van der Waals surface area contributed by atoms with Crippen LogP contribution < -0.4 is 10.3 Å². The zero-order valence-corrected chi connectivity index (χ0v) is 18.8. The fourth-order valence-electron chi connectivity index (χ4n) is 4.05. The van der Waals surface area contributed by atoms with Gasteiger partial charge in [-0.25, -0.2) is 26.4 Å². The number of piperazine rings is 1. The number of sulfonamides is 1. The number of benzene rings is 2. The molecule has 0 amide bonds. The Morgan fingerprint density at radius 3 is 2.29 bits per heavy atom. The van der Waals surface area contributed by atoms with Gasteiger partial charge in [-0.2, -0.15) is 4.31 Å². The highest BCUT2D eigenvalue weighted by molar-refractivity contribution is 7.89. The van der Waals surface area contributed by atoms with Gasteiger partial charge >= 0.3 is 5.97 Å². The molecule has 12 heteroatoms. The van der Waals surface area contributed by atoms with Crippen LogP contribution in [0.3, 0.4) is 0 Å². The van der Waals surface area contributed by atoms with Crippen molar-refractivity contribution >= 4 is 32.6 Å². The van der Waals surface area contributed by atoms with Gasteiger partial charge in [0, 0.05) is 50.4 Å². The lowest BCUT2D eigenvalue weighted by molar-refractivity contribution is 0.0694. The molecular formula is C22H20F3N3O5S. The van der Waals surface area contributed by atoms with Crippen LogP contribution in [0.2, 0.25) is 0 Å². The van der Waals surface area contributed by atoms with E-state index in [-0.39, 0.29) is 37.3 Å². The maximum atomic E-state index is 15.0. The van der Waals surface area contributed by atoms with Crippen LogP contribution in [0, 0.1) is 17.5 Å². The van der Waals surface area contributed by atoms with Gasteiger partial charge in [0.25, 0.3) is 0 Å². The van der Waals surface area contributed by atoms with Gasteiger partial charge in [0.2, 0.25) is 15.5 Å². The molecule has 8 nitrogen and oxygen atoms in total. The van der Waals surface area contributed by atoms with Crippen molar-refractivity contribution in [2.75, 3.05) is 31.1 Å². The summed E-state index contributed by atoms with van der Waals surface area (Å²) in [4.78, 5) is 24.8. The molecule has 0 bridgehead atoms. The first-order valence-electron chi connectivity index (χ1n) is 10.3. The number of anilines is 1. The van der Waals surface area contributed by atoms with E-state index in [9.17, 15) is 36.3 Å². The summed E-state index contributed by atoms with van der Waals surface area (Å²) in [5.74, 6) is -4.25. The molecule has 2 aromatic carbocycles. The molecule has 1 saturated heterocycles. The van der Waals surface area contributed by atoms with Crippen LogP contribution in [-0.2, 0) is 16.6 Å². The molecule has 1 aliphatic rings. The summed E-state index contributed by atoms with van der Waals surface area (Å²) in [7, 11) is -4.22. The summed E-state index contributed by atoms with van der Waals surface area (Å²) in [6.45, 7) is 2.08. The van der Waals surface area contributed by atoms with E-state index in [1.807, 2.05) is 0 Å². The van der Waals surface area contributed by atoms with E-state index in [0.717, 1.165) is 22.5 Å². The molecule has 4 rings (SSSR count). The maximum absolute atomic E-state index is 15.0. The molecule has 0 unspecified atom stereocenters. The minimum absolute atomic E-state index is 0.0731. The smallest absolute Gasteiger partial charge is 0.341 e. The predicted octanol–water partition coefficient (Wildman–Crippen LogP) is 2.65. The number of carboxylic acid groups (broad SMARTS) is 1. The first-order valence-corrected chi connectivity index (χ1v) is 11.8. The average Bonchev–Trinajstić information content (AvgIpc) is 2.79. The van der Waals surface area contributed by atoms with Gasteiger partial charge in [-0.1, -0.05) is 0 Å².